The number of ether oxygens (including phenoxy) is 1. The fraction of sp³-hybridized carbons (Fsp3) is 0.333. The lowest BCUT2D eigenvalue weighted by Gasteiger charge is -2.10. The van der Waals surface area contributed by atoms with E-state index in [1.165, 1.54) is 7.11 Å². The highest BCUT2D eigenvalue weighted by Gasteiger charge is 2.47. The van der Waals surface area contributed by atoms with E-state index in [0.29, 0.717) is 29.4 Å². The minimum atomic E-state index is -0.307. The van der Waals surface area contributed by atoms with Crippen LogP contribution in [0.4, 0.5) is 5.69 Å². The number of amides is 2. The molecular weight excluding hydrogens is 292 g/mol. The second kappa shape index (κ2) is 6.63. The number of anilines is 1. The molecule has 2 N–H and O–H groups in total. The van der Waals surface area contributed by atoms with Gasteiger partial charge in [-0.1, -0.05) is 17.7 Å². The summed E-state index contributed by atoms with van der Waals surface area (Å²) in [4.78, 5) is 23.9. The Morgan fingerprint density at radius 2 is 2.14 bits per heavy atom. The van der Waals surface area contributed by atoms with E-state index in [-0.39, 0.29) is 23.7 Å². The zero-order valence-corrected chi connectivity index (χ0v) is 12.4. The minimum absolute atomic E-state index is 0.117. The van der Waals surface area contributed by atoms with Gasteiger partial charge in [0.15, 0.2) is 0 Å². The van der Waals surface area contributed by atoms with Crippen LogP contribution in [0, 0.1) is 11.8 Å². The van der Waals surface area contributed by atoms with E-state index >= 15 is 0 Å². The van der Waals surface area contributed by atoms with Gasteiger partial charge in [0, 0.05) is 11.6 Å². The van der Waals surface area contributed by atoms with E-state index < -0.39 is 0 Å². The zero-order valence-electron chi connectivity index (χ0n) is 11.7. The molecule has 1 aliphatic rings. The van der Waals surface area contributed by atoms with E-state index in [2.05, 4.69) is 17.2 Å². The number of hydrogen-bond donors (Lipinski definition) is 2. The number of carbonyl (C=O) groups is 2. The number of benzene rings is 1. The third-order valence-corrected chi connectivity index (χ3v) is 3.54. The summed E-state index contributed by atoms with van der Waals surface area (Å²) in [7, 11) is 1.52. The highest BCUT2D eigenvalue weighted by Crippen LogP contribution is 2.40. The van der Waals surface area contributed by atoms with Gasteiger partial charge in [0.25, 0.3) is 0 Å². The van der Waals surface area contributed by atoms with Crippen molar-refractivity contribution >= 4 is 29.1 Å². The molecule has 0 saturated heterocycles. The summed E-state index contributed by atoms with van der Waals surface area (Å²) in [5.74, 6) is -0.364. The molecule has 0 aliphatic heterocycles. The Morgan fingerprint density at radius 3 is 2.81 bits per heavy atom. The van der Waals surface area contributed by atoms with E-state index in [1.807, 2.05) is 0 Å². The van der Waals surface area contributed by atoms with Gasteiger partial charge in [-0.3, -0.25) is 9.59 Å². The molecule has 5 nitrogen and oxygen atoms in total. The molecule has 1 aliphatic carbocycles. The number of carbonyl (C=O) groups excluding carboxylic acids is 2. The van der Waals surface area contributed by atoms with Crippen molar-refractivity contribution in [3.63, 3.8) is 0 Å². The Bertz CT molecular complexity index is 574. The summed E-state index contributed by atoms with van der Waals surface area (Å²) in [6, 6.07) is 4.98. The van der Waals surface area contributed by atoms with Crippen LogP contribution < -0.4 is 15.4 Å². The fourth-order valence-electron chi connectivity index (χ4n) is 2.08. The Kier molecular flexibility index (Phi) is 4.85. The first-order valence-electron chi connectivity index (χ1n) is 6.59. The van der Waals surface area contributed by atoms with Crippen molar-refractivity contribution in [2.75, 3.05) is 19.0 Å². The lowest BCUT2D eigenvalue weighted by Crippen LogP contribution is -2.27. The van der Waals surface area contributed by atoms with Crippen molar-refractivity contribution in [1.29, 1.82) is 0 Å². The molecule has 0 heterocycles. The highest BCUT2D eigenvalue weighted by molar-refractivity contribution is 6.31. The van der Waals surface area contributed by atoms with E-state index in [1.54, 1.807) is 24.3 Å². The van der Waals surface area contributed by atoms with Crippen molar-refractivity contribution < 1.29 is 14.3 Å². The predicted molar refractivity (Wildman–Crippen MR) is 81.4 cm³/mol. The highest BCUT2D eigenvalue weighted by atomic mass is 35.5. The standard InChI is InChI=1S/C15H17ClN2O3/c1-3-6-17-14(19)10-8-11(10)15(20)18-12-7-9(16)4-5-13(12)21-2/h3-5,7,10-11H,1,6,8H2,2H3,(H,17,19)(H,18,20). The average Bonchev–Trinajstić information content (AvgIpc) is 3.25. The molecule has 1 fully saturated rings. The molecule has 1 aromatic rings. The second-order valence-corrected chi connectivity index (χ2v) is 5.25. The zero-order chi connectivity index (χ0) is 15.4. The average molecular weight is 309 g/mol. The SMILES string of the molecule is C=CCNC(=O)C1CC1C(=O)Nc1cc(Cl)ccc1OC. The summed E-state index contributed by atoms with van der Waals surface area (Å²) in [5, 5.41) is 5.95. The molecule has 0 aromatic heterocycles. The number of methoxy groups -OCH3 is 1. The predicted octanol–water partition coefficient (Wildman–Crippen LogP) is 2.23. The van der Waals surface area contributed by atoms with Crippen LogP contribution in [-0.2, 0) is 9.59 Å². The molecule has 2 amide bonds. The van der Waals surface area contributed by atoms with Gasteiger partial charge >= 0.3 is 0 Å². The summed E-state index contributed by atoms with van der Waals surface area (Å²) < 4.78 is 5.17. The van der Waals surface area contributed by atoms with Crippen LogP contribution in [-0.4, -0.2) is 25.5 Å². The smallest absolute Gasteiger partial charge is 0.228 e. The van der Waals surface area contributed by atoms with Crippen molar-refractivity contribution in [3.8, 4) is 5.75 Å². The lowest BCUT2D eigenvalue weighted by molar-refractivity contribution is -0.125. The summed E-state index contributed by atoms with van der Waals surface area (Å²) in [5.41, 5.74) is 0.507. The van der Waals surface area contributed by atoms with Gasteiger partial charge in [-0.2, -0.15) is 0 Å². The largest absolute Gasteiger partial charge is 0.495 e. The topological polar surface area (TPSA) is 67.4 Å². The second-order valence-electron chi connectivity index (χ2n) is 4.82. The summed E-state index contributed by atoms with van der Waals surface area (Å²) in [6.07, 6.45) is 2.16. The van der Waals surface area contributed by atoms with E-state index in [4.69, 9.17) is 16.3 Å². The molecule has 21 heavy (non-hydrogen) atoms. The van der Waals surface area contributed by atoms with Crippen molar-refractivity contribution in [2.24, 2.45) is 11.8 Å². The van der Waals surface area contributed by atoms with Crippen LogP contribution in [0.5, 0.6) is 5.75 Å². The van der Waals surface area contributed by atoms with Gasteiger partial charge in [0.1, 0.15) is 5.75 Å². The Morgan fingerprint density at radius 1 is 1.43 bits per heavy atom. The molecule has 2 unspecified atom stereocenters. The Balaban J connectivity index is 1.96. The molecule has 2 rings (SSSR count). The van der Waals surface area contributed by atoms with Crippen LogP contribution in [0.15, 0.2) is 30.9 Å². The van der Waals surface area contributed by atoms with Gasteiger partial charge < -0.3 is 15.4 Å². The molecule has 0 spiro atoms. The van der Waals surface area contributed by atoms with Gasteiger partial charge in [0.05, 0.1) is 24.6 Å². The van der Waals surface area contributed by atoms with Crippen LogP contribution >= 0.6 is 11.6 Å². The van der Waals surface area contributed by atoms with E-state index in [9.17, 15) is 9.59 Å². The maximum absolute atomic E-state index is 12.1. The molecule has 1 aromatic carbocycles. The normalized spacial score (nSPS) is 19.5. The first kappa shape index (κ1) is 15.4. The Hall–Kier alpha value is -2.01. The fourth-order valence-corrected chi connectivity index (χ4v) is 2.25. The molecule has 1 saturated carbocycles. The van der Waals surface area contributed by atoms with Crippen molar-refractivity contribution in [3.05, 3.63) is 35.9 Å². The number of rotatable bonds is 6. The van der Waals surface area contributed by atoms with Crippen molar-refractivity contribution in [1.82, 2.24) is 5.32 Å². The number of nitrogens with one attached hydrogen (secondary N) is 2. The van der Waals surface area contributed by atoms with Crippen LogP contribution in [0.1, 0.15) is 6.42 Å². The maximum Gasteiger partial charge on any atom is 0.228 e. The molecule has 2 atom stereocenters. The number of hydrogen-bond acceptors (Lipinski definition) is 3. The minimum Gasteiger partial charge on any atom is -0.495 e. The lowest BCUT2D eigenvalue weighted by atomic mass is 10.2. The molecule has 0 radical (unpaired) electrons. The maximum atomic E-state index is 12.1. The number of halogens is 1. The van der Waals surface area contributed by atoms with Gasteiger partial charge in [-0.05, 0) is 24.6 Å². The van der Waals surface area contributed by atoms with Crippen LogP contribution in [0.25, 0.3) is 0 Å². The summed E-state index contributed by atoms with van der Waals surface area (Å²) in [6.45, 7) is 3.94. The van der Waals surface area contributed by atoms with Gasteiger partial charge in [-0.15, -0.1) is 6.58 Å². The van der Waals surface area contributed by atoms with Crippen molar-refractivity contribution in [2.45, 2.75) is 6.42 Å². The first-order chi connectivity index (χ1) is 10.1. The van der Waals surface area contributed by atoms with Crippen LogP contribution in [0.2, 0.25) is 5.02 Å². The third-order valence-electron chi connectivity index (χ3n) is 3.30. The first-order valence-corrected chi connectivity index (χ1v) is 6.97. The Labute approximate surface area is 128 Å². The quantitative estimate of drug-likeness (QED) is 0.792. The molecular formula is C15H17ClN2O3. The van der Waals surface area contributed by atoms with Crippen LogP contribution in [0.3, 0.4) is 0 Å². The van der Waals surface area contributed by atoms with Gasteiger partial charge in [-0.25, -0.2) is 0 Å². The molecule has 6 heteroatoms. The van der Waals surface area contributed by atoms with Gasteiger partial charge in [0.2, 0.25) is 11.8 Å². The van der Waals surface area contributed by atoms with E-state index in [0.717, 1.165) is 0 Å². The molecule has 112 valence electrons. The summed E-state index contributed by atoms with van der Waals surface area (Å²) >= 11 is 5.91. The molecule has 0 bridgehead atoms. The monoisotopic (exact) mass is 308 g/mol. The third kappa shape index (κ3) is 3.76.